The third kappa shape index (κ3) is 4.79. The highest BCUT2D eigenvalue weighted by molar-refractivity contribution is 6.32. The molecule has 2 rings (SSSR count). The smallest absolute Gasteiger partial charge is 0.416 e. The predicted molar refractivity (Wildman–Crippen MR) is 88.3 cm³/mol. The van der Waals surface area contributed by atoms with Crippen molar-refractivity contribution in [2.75, 3.05) is 19.5 Å². The van der Waals surface area contributed by atoms with Gasteiger partial charge >= 0.3 is 6.18 Å². The first kappa shape index (κ1) is 18.9. The van der Waals surface area contributed by atoms with Crippen molar-refractivity contribution < 1.29 is 27.4 Å². The summed E-state index contributed by atoms with van der Waals surface area (Å²) in [7, 11) is 2.87. The maximum Gasteiger partial charge on any atom is 0.416 e. The minimum absolute atomic E-state index is 0.0923. The Kier molecular flexibility index (Phi) is 5.79. The van der Waals surface area contributed by atoms with Crippen LogP contribution in [0.25, 0.3) is 0 Å². The maximum absolute atomic E-state index is 12.5. The molecule has 0 fully saturated rings. The zero-order valence-corrected chi connectivity index (χ0v) is 14.2. The van der Waals surface area contributed by atoms with E-state index in [-0.39, 0.29) is 11.4 Å². The van der Waals surface area contributed by atoms with E-state index in [0.717, 1.165) is 12.1 Å². The summed E-state index contributed by atoms with van der Waals surface area (Å²) >= 11 is 6.02. The van der Waals surface area contributed by atoms with E-state index in [2.05, 4.69) is 5.32 Å². The number of rotatable bonds is 5. The molecule has 0 saturated carbocycles. The number of carbonyl (C=O) groups excluding carboxylic acids is 1. The van der Waals surface area contributed by atoms with Crippen LogP contribution < -0.4 is 14.8 Å². The van der Waals surface area contributed by atoms with E-state index >= 15 is 0 Å². The molecule has 0 spiro atoms. The van der Waals surface area contributed by atoms with E-state index < -0.39 is 17.6 Å². The molecule has 0 aliphatic rings. The van der Waals surface area contributed by atoms with Crippen LogP contribution in [-0.4, -0.2) is 20.1 Å². The SMILES string of the molecule is COc1cc(OC)c(NC(=O)Cc2ccc(C(F)(F)F)cc2)cc1Cl. The molecule has 0 aromatic heterocycles. The second-order valence-electron chi connectivity index (χ2n) is 5.11. The second-order valence-corrected chi connectivity index (χ2v) is 5.51. The van der Waals surface area contributed by atoms with Crippen molar-refractivity contribution >= 4 is 23.2 Å². The van der Waals surface area contributed by atoms with Crippen molar-refractivity contribution in [1.82, 2.24) is 0 Å². The average Bonchev–Trinajstić information content (AvgIpc) is 2.54. The molecule has 2 aromatic carbocycles. The molecule has 0 radical (unpaired) electrons. The van der Waals surface area contributed by atoms with Gasteiger partial charge in [0.2, 0.25) is 5.91 Å². The number of nitrogens with one attached hydrogen (secondary N) is 1. The van der Waals surface area contributed by atoms with Gasteiger partial charge in [0.15, 0.2) is 0 Å². The van der Waals surface area contributed by atoms with E-state index in [1.54, 1.807) is 0 Å². The molecule has 1 N–H and O–H groups in total. The fourth-order valence-corrected chi connectivity index (χ4v) is 2.39. The first-order valence-electron chi connectivity index (χ1n) is 7.12. The summed E-state index contributed by atoms with van der Waals surface area (Å²) in [5.41, 5.74) is 0.0227. The first-order valence-corrected chi connectivity index (χ1v) is 7.50. The summed E-state index contributed by atoms with van der Waals surface area (Å²) in [5, 5.41) is 2.91. The lowest BCUT2D eigenvalue weighted by molar-refractivity contribution is -0.137. The van der Waals surface area contributed by atoms with Gasteiger partial charge in [-0.2, -0.15) is 13.2 Å². The number of carbonyl (C=O) groups is 1. The largest absolute Gasteiger partial charge is 0.495 e. The molecule has 0 saturated heterocycles. The highest BCUT2D eigenvalue weighted by Gasteiger charge is 2.30. The molecule has 0 atom stereocenters. The minimum Gasteiger partial charge on any atom is -0.495 e. The van der Waals surface area contributed by atoms with Gasteiger partial charge in [-0.05, 0) is 23.8 Å². The van der Waals surface area contributed by atoms with Crippen molar-refractivity contribution in [3.63, 3.8) is 0 Å². The van der Waals surface area contributed by atoms with E-state index in [1.807, 2.05) is 0 Å². The number of alkyl halides is 3. The molecule has 4 nitrogen and oxygen atoms in total. The molecule has 0 heterocycles. The molecule has 1 amide bonds. The molecule has 2 aromatic rings. The topological polar surface area (TPSA) is 47.6 Å². The Morgan fingerprint density at radius 3 is 2.20 bits per heavy atom. The third-order valence-electron chi connectivity index (χ3n) is 3.39. The van der Waals surface area contributed by atoms with Crippen molar-refractivity contribution in [2.24, 2.45) is 0 Å². The molecular formula is C17H15ClF3NO3. The van der Waals surface area contributed by atoms with Crippen LogP contribution in [0.4, 0.5) is 18.9 Å². The number of hydrogen-bond donors (Lipinski definition) is 1. The number of methoxy groups -OCH3 is 2. The third-order valence-corrected chi connectivity index (χ3v) is 3.69. The average molecular weight is 374 g/mol. The monoisotopic (exact) mass is 373 g/mol. The molecular weight excluding hydrogens is 359 g/mol. The van der Waals surface area contributed by atoms with Crippen molar-refractivity contribution in [2.45, 2.75) is 12.6 Å². The Bertz CT molecular complexity index is 761. The Balaban J connectivity index is 2.11. The van der Waals surface area contributed by atoms with E-state index in [4.69, 9.17) is 21.1 Å². The van der Waals surface area contributed by atoms with Crippen LogP contribution in [0.1, 0.15) is 11.1 Å². The molecule has 25 heavy (non-hydrogen) atoms. The summed E-state index contributed by atoms with van der Waals surface area (Å²) < 4.78 is 47.8. The predicted octanol–water partition coefficient (Wildman–Crippen LogP) is 4.56. The van der Waals surface area contributed by atoms with Crippen LogP contribution in [0.5, 0.6) is 11.5 Å². The van der Waals surface area contributed by atoms with Gasteiger partial charge in [-0.3, -0.25) is 4.79 Å². The number of halogens is 4. The Labute approximate surface area is 147 Å². The number of ether oxygens (including phenoxy) is 2. The highest BCUT2D eigenvalue weighted by atomic mass is 35.5. The van der Waals surface area contributed by atoms with Gasteiger partial charge in [-0.1, -0.05) is 23.7 Å². The minimum atomic E-state index is -4.41. The lowest BCUT2D eigenvalue weighted by Crippen LogP contribution is -2.15. The number of hydrogen-bond acceptors (Lipinski definition) is 3. The standard InChI is InChI=1S/C17H15ClF3NO3/c1-24-14-9-15(25-2)13(8-12(14)18)22-16(23)7-10-3-5-11(6-4-10)17(19,20)21/h3-6,8-9H,7H2,1-2H3,(H,22,23). The van der Waals surface area contributed by atoms with E-state index in [1.165, 1.54) is 38.5 Å². The number of anilines is 1. The van der Waals surface area contributed by atoms with Gasteiger partial charge in [0.1, 0.15) is 11.5 Å². The molecule has 0 aliphatic carbocycles. The maximum atomic E-state index is 12.5. The van der Waals surface area contributed by atoms with Gasteiger partial charge < -0.3 is 14.8 Å². The molecule has 134 valence electrons. The number of amides is 1. The molecule has 8 heteroatoms. The summed E-state index contributed by atoms with van der Waals surface area (Å²) in [6.45, 7) is 0. The molecule has 0 aliphatic heterocycles. The zero-order valence-electron chi connectivity index (χ0n) is 13.4. The van der Waals surface area contributed by atoms with Crippen LogP contribution >= 0.6 is 11.6 Å². The Morgan fingerprint density at radius 2 is 1.68 bits per heavy atom. The van der Waals surface area contributed by atoms with Gasteiger partial charge in [-0.25, -0.2) is 0 Å². The van der Waals surface area contributed by atoms with Crippen molar-refractivity contribution in [1.29, 1.82) is 0 Å². The van der Waals surface area contributed by atoms with Crippen LogP contribution in [0, 0.1) is 0 Å². The van der Waals surface area contributed by atoms with Crippen LogP contribution in [-0.2, 0) is 17.4 Å². The Morgan fingerprint density at radius 1 is 1.08 bits per heavy atom. The first-order chi connectivity index (χ1) is 11.7. The lowest BCUT2D eigenvalue weighted by atomic mass is 10.1. The van der Waals surface area contributed by atoms with Gasteiger partial charge in [0.25, 0.3) is 0 Å². The van der Waals surface area contributed by atoms with Crippen LogP contribution in [0.3, 0.4) is 0 Å². The van der Waals surface area contributed by atoms with Gasteiger partial charge in [0, 0.05) is 6.07 Å². The fraction of sp³-hybridized carbons (Fsp3) is 0.235. The summed E-state index contributed by atoms with van der Waals surface area (Å²) in [4.78, 5) is 12.1. The number of benzene rings is 2. The normalized spacial score (nSPS) is 11.1. The highest BCUT2D eigenvalue weighted by Crippen LogP contribution is 2.36. The summed E-state index contributed by atoms with van der Waals surface area (Å²) in [6, 6.07) is 7.40. The molecule has 0 bridgehead atoms. The Hall–Kier alpha value is -2.41. The van der Waals surface area contributed by atoms with Crippen molar-refractivity contribution in [3.05, 3.63) is 52.5 Å². The van der Waals surface area contributed by atoms with E-state index in [0.29, 0.717) is 22.7 Å². The van der Waals surface area contributed by atoms with Crippen LogP contribution in [0.2, 0.25) is 5.02 Å². The summed E-state index contributed by atoms with van der Waals surface area (Å²) in [6.07, 6.45) is -4.50. The second kappa shape index (κ2) is 7.65. The quantitative estimate of drug-likeness (QED) is 0.836. The van der Waals surface area contributed by atoms with Crippen LogP contribution in [0.15, 0.2) is 36.4 Å². The molecule has 0 unspecified atom stereocenters. The van der Waals surface area contributed by atoms with E-state index in [9.17, 15) is 18.0 Å². The fourth-order valence-electron chi connectivity index (χ4n) is 2.15. The zero-order chi connectivity index (χ0) is 18.6. The van der Waals surface area contributed by atoms with Gasteiger partial charge in [-0.15, -0.1) is 0 Å². The van der Waals surface area contributed by atoms with Gasteiger partial charge in [0.05, 0.1) is 36.9 Å². The van der Waals surface area contributed by atoms with Crippen molar-refractivity contribution in [3.8, 4) is 11.5 Å². The summed E-state index contributed by atoms with van der Waals surface area (Å²) in [5.74, 6) is 0.320. The lowest BCUT2D eigenvalue weighted by Gasteiger charge is -2.13.